The van der Waals surface area contributed by atoms with Crippen LogP contribution in [0.15, 0.2) is 0 Å². The van der Waals surface area contributed by atoms with Crippen LogP contribution in [0.5, 0.6) is 0 Å². The van der Waals surface area contributed by atoms with Crippen LogP contribution >= 0.6 is 0 Å². The highest BCUT2D eigenvalue weighted by atomic mass is 16.2. The summed E-state index contributed by atoms with van der Waals surface area (Å²) >= 11 is 0. The van der Waals surface area contributed by atoms with Crippen LogP contribution < -0.4 is 5.32 Å². The Balaban J connectivity index is 1.98. The molecule has 0 aromatic carbocycles. The van der Waals surface area contributed by atoms with E-state index in [1.807, 2.05) is 0 Å². The molecule has 0 bridgehead atoms. The molecule has 1 saturated carbocycles. The number of hydrogen-bond donors (Lipinski definition) is 1. The van der Waals surface area contributed by atoms with Gasteiger partial charge in [0.1, 0.15) is 0 Å². The number of carbonyl (C=O) groups is 1. The third kappa shape index (κ3) is 3.13. The van der Waals surface area contributed by atoms with Crippen molar-refractivity contribution in [3.05, 3.63) is 0 Å². The molecular formula is C16H30N2O. The summed E-state index contributed by atoms with van der Waals surface area (Å²) in [5, 5.41) is 3.49. The normalized spacial score (nSPS) is 39.9. The van der Waals surface area contributed by atoms with Gasteiger partial charge in [-0.1, -0.05) is 33.6 Å². The molecule has 1 saturated heterocycles. The minimum absolute atomic E-state index is 0.0737. The Hall–Kier alpha value is -0.570. The quantitative estimate of drug-likeness (QED) is 0.848. The zero-order valence-corrected chi connectivity index (χ0v) is 13.0. The smallest absolute Gasteiger partial charge is 0.241 e. The number of hydrogen-bond acceptors (Lipinski definition) is 2. The summed E-state index contributed by atoms with van der Waals surface area (Å²) in [6.45, 7) is 9.01. The van der Waals surface area contributed by atoms with E-state index in [9.17, 15) is 4.79 Å². The number of carbonyl (C=O) groups excluding carboxylic acids is 1. The molecule has 1 amide bonds. The number of rotatable bonds is 4. The Morgan fingerprint density at radius 3 is 2.58 bits per heavy atom. The summed E-state index contributed by atoms with van der Waals surface area (Å²) in [5.74, 6) is 1.91. The summed E-state index contributed by atoms with van der Waals surface area (Å²) in [5.41, 5.74) is 0. The first-order valence-electron chi connectivity index (χ1n) is 8.12. The molecule has 2 aliphatic rings. The van der Waals surface area contributed by atoms with Gasteiger partial charge in [0.05, 0.1) is 12.2 Å². The average Bonchev–Trinajstić information content (AvgIpc) is 2.65. The number of amides is 1. The second kappa shape index (κ2) is 6.25. The van der Waals surface area contributed by atoms with Gasteiger partial charge in [-0.2, -0.15) is 0 Å². The predicted molar refractivity (Wildman–Crippen MR) is 78.7 cm³/mol. The van der Waals surface area contributed by atoms with Gasteiger partial charge in [-0.05, 0) is 44.4 Å². The Kier molecular flexibility index (Phi) is 4.88. The Labute approximate surface area is 118 Å². The molecule has 0 aromatic rings. The van der Waals surface area contributed by atoms with Crippen molar-refractivity contribution in [2.24, 2.45) is 11.8 Å². The van der Waals surface area contributed by atoms with Crippen molar-refractivity contribution < 1.29 is 4.79 Å². The topological polar surface area (TPSA) is 32.3 Å². The van der Waals surface area contributed by atoms with Crippen molar-refractivity contribution in [3.8, 4) is 0 Å². The van der Waals surface area contributed by atoms with Gasteiger partial charge in [0.2, 0.25) is 5.91 Å². The maximum Gasteiger partial charge on any atom is 0.241 e. The number of unbranched alkanes of at least 4 members (excludes halogenated alkanes) is 1. The summed E-state index contributed by atoms with van der Waals surface area (Å²) < 4.78 is 0. The van der Waals surface area contributed by atoms with Gasteiger partial charge in [-0.25, -0.2) is 0 Å². The maximum atomic E-state index is 12.6. The van der Waals surface area contributed by atoms with E-state index < -0.39 is 0 Å². The van der Waals surface area contributed by atoms with Crippen LogP contribution in [0, 0.1) is 11.8 Å². The third-order valence-electron chi connectivity index (χ3n) is 5.22. The molecule has 1 aliphatic heterocycles. The molecule has 3 nitrogen and oxygen atoms in total. The van der Waals surface area contributed by atoms with Gasteiger partial charge < -0.3 is 4.90 Å². The molecule has 0 radical (unpaired) electrons. The van der Waals surface area contributed by atoms with Crippen LogP contribution in [0.4, 0.5) is 0 Å². The van der Waals surface area contributed by atoms with Crippen LogP contribution in [0.1, 0.15) is 66.2 Å². The van der Waals surface area contributed by atoms with Crippen LogP contribution in [-0.4, -0.2) is 29.1 Å². The first-order valence-corrected chi connectivity index (χ1v) is 8.12. The third-order valence-corrected chi connectivity index (χ3v) is 5.22. The molecule has 5 atom stereocenters. The monoisotopic (exact) mass is 266 g/mol. The van der Waals surface area contributed by atoms with E-state index in [2.05, 4.69) is 37.9 Å². The van der Waals surface area contributed by atoms with E-state index in [1.165, 1.54) is 19.3 Å². The van der Waals surface area contributed by atoms with Gasteiger partial charge in [0, 0.05) is 6.04 Å². The van der Waals surface area contributed by atoms with Gasteiger partial charge in [-0.15, -0.1) is 0 Å². The Morgan fingerprint density at radius 1 is 1.21 bits per heavy atom. The van der Waals surface area contributed by atoms with Crippen LogP contribution in [0.3, 0.4) is 0 Å². The fourth-order valence-electron chi connectivity index (χ4n) is 3.70. The zero-order chi connectivity index (χ0) is 14.0. The average molecular weight is 266 g/mol. The van der Waals surface area contributed by atoms with Crippen LogP contribution in [0.25, 0.3) is 0 Å². The molecule has 2 fully saturated rings. The lowest BCUT2D eigenvalue weighted by molar-refractivity contribution is -0.133. The number of nitrogens with zero attached hydrogens (tertiary/aromatic N) is 1. The molecule has 0 aromatic heterocycles. The minimum atomic E-state index is 0.0737. The van der Waals surface area contributed by atoms with Gasteiger partial charge in [-0.3, -0.25) is 10.1 Å². The maximum absolute atomic E-state index is 12.6. The number of nitrogens with one attached hydrogen (secondary N) is 1. The molecule has 1 aliphatic carbocycles. The van der Waals surface area contributed by atoms with Crippen LogP contribution in [0.2, 0.25) is 0 Å². The van der Waals surface area contributed by atoms with Crippen molar-refractivity contribution in [1.82, 2.24) is 10.2 Å². The highest BCUT2D eigenvalue weighted by Crippen LogP contribution is 2.34. The van der Waals surface area contributed by atoms with E-state index in [0.717, 1.165) is 31.1 Å². The summed E-state index contributed by atoms with van der Waals surface area (Å²) in [6.07, 6.45) is 7.15. The molecule has 3 heteroatoms. The summed E-state index contributed by atoms with van der Waals surface area (Å²) in [7, 11) is 0. The van der Waals surface area contributed by atoms with Crippen molar-refractivity contribution in [1.29, 1.82) is 0 Å². The molecular weight excluding hydrogens is 236 g/mol. The fraction of sp³-hybridized carbons (Fsp3) is 0.938. The van der Waals surface area contributed by atoms with E-state index in [0.29, 0.717) is 11.9 Å². The lowest BCUT2D eigenvalue weighted by Crippen LogP contribution is -2.46. The summed E-state index contributed by atoms with van der Waals surface area (Å²) in [6, 6.07) is 0.539. The summed E-state index contributed by atoms with van der Waals surface area (Å²) in [4.78, 5) is 14.7. The molecule has 5 unspecified atom stereocenters. The second-order valence-corrected chi connectivity index (χ2v) is 6.70. The molecule has 0 spiro atoms. The van der Waals surface area contributed by atoms with Gasteiger partial charge in [0.15, 0.2) is 0 Å². The second-order valence-electron chi connectivity index (χ2n) is 6.70. The van der Waals surface area contributed by atoms with E-state index in [4.69, 9.17) is 0 Å². The van der Waals surface area contributed by atoms with E-state index >= 15 is 0 Å². The Morgan fingerprint density at radius 2 is 1.95 bits per heavy atom. The largest absolute Gasteiger partial charge is 0.323 e. The highest BCUT2D eigenvalue weighted by Gasteiger charge is 2.41. The van der Waals surface area contributed by atoms with Gasteiger partial charge in [0.25, 0.3) is 0 Å². The SMILES string of the molecule is CCCCC1NC(C)N(C2CCC(C)C(C)C2)C1=O. The lowest BCUT2D eigenvalue weighted by atomic mass is 9.78. The zero-order valence-electron chi connectivity index (χ0n) is 13.0. The first kappa shape index (κ1) is 14.8. The Bertz CT molecular complexity index is 318. The first-order chi connectivity index (χ1) is 9.04. The standard InChI is InChI=1S/C16H30N2O/c1-5-6-7-15-16(19)18(13(4)17-15)14-9-8-11(2)12(3)10-14/h11-15,17H,5-10H2,1-4H3. The lowest BCUT2D eigenvalue weighted by Gasteiger charge is -2.39. The van der Waals surface area contributed by atoms with E-state index in [1.54, 1.807) is 0 Å². The van der Waals surface area contributed by atoms with Crippen molar-refractivity contribution in [2.45, 2.75) is 84.5 Å². The highest BCUT2D eigenvalue weighted by molar-refractivity contribution is 5.84. The van der Waals surface area contributed by atoms with Gasteiger partial charge >= 0.3 is 0 Å². The molecule has 1 heterocycles. The van der Waals surface area contributed by atoms with Crippen molar-refractivity contribution in [3.63, 3.8) is 0 Å². The fourth-order valence-corrected chi connectivity index (χ4v) is 3.70. The van der Waals surface area contributed by atoms with Crippen molar-refractivity contribution >= 4 is 5.91 Å². The molecule has 1 N–H and O–H groups in total. The van der Waals surface area contributed by atoms with E-state index in [-0.39, 0.29) is 12.2 Å². The predicted octanol–water partition coefficient (Wildman–Crippen LogP) is 3.15. The van der Waals surface area contributed by atoms with Crippen molar-refractivity contribution in [2.75, 3.05) is 0 Å². The minimum Gasteiger partial charge on any atom is -0.323 e. The molecule has 110 valence electrons. The van der Waals surface area contributed by atoms with Crippen LogP contribution in [-0.2, 0) is 4.79 Å². The molecule has 2 rings (SSSR count). The molecule has 19 heavy (non-hydrogen) atoms.